The summed E-state index contributed by atoms with van der Waals surface area (Å²) in [5.41, 5.74) is 1.83. The van der Waals surface area contributed by atoms with Gasteiger partial charge in [0.25, 0.3) is 5.91 Å². The number of rotatable bonds is 6. The van der Waals surface area contributed by atoms with Crippen LogP contribution >= 0.6 is 11.3 Å². The average molecular weight is 360 g/mol. The molecule has 1 fully saturated rings. The van der Waals surface area contributed by atoms with Gasteiger partial charge in [0.1, 0.15) is 0 Å². The molecule has 25 heavy (non-hydrogen) atoms. The highest BCUT2D eigenvalue weighted by molar-refractivity contribution is 7.07. The molecule has 1 aliphatic heterocycles. The van der Waals surface area contributed by atoms with Crippen LogP contribution in [-0.4, -0.2) is 46.1 Å². The van der Waals surface area contributed by atoms with Crippen molar-refractivity contribution in [3.05, 3.63) is 40.3 Å². The highest BCUT2D eigenvalue weighted by Crippen LogP contribution is 2.18. The zero-order chi connectivity index (χ0) is 17.6. The van der Waals surface area contributed by atoms with Crippen LogP contribution in [-0.2, 0) is 18.3 Å². The lowest BCUT2D eigenvalue weighted by Crippen LogP contribution is -2.41. The largest absolute Gasteiger partial charge is 0.352 e. The minimum absolute atomic E-state index is 0.0811. The standard InChI is InChI=1S/C18H24N4O2S/c1-21-12-16(11-20-21)18(24)19-10-14-4-7-22(8-5-14)17(23)3-2-15-6-9-25-13-15/h6,9,11-14H,2-5,7-8,10H2,1H3,(H,19,24). The highest BCUT2D eigenvalue weighted by Gasteiger charge is 2.23. The summed E-state index contributed by atoms with van der Waals surface area (Å²) in [6, 6.07) is 2.08. The third-order valence-electron chi connectivity index (χ3n) is 4.69. The number of carbonyl (C=O) groups is 2. The van der Waals surface area contributed by atoms with Crippen LogP contribution in [0.2, 0.25) is 0 Å². The number of hydrogen-bond acceptors (Lipinski definition) is 4. The Balaban J connectivity index is 1.36. The van der Waals surface area contributed by atoms with E-state index in [0.717, 1.165) is 32.4 Å². The molecule has 0 bridgehead atoms. The van der Waals surface area contributed by atoms with Crippen LogP contribution in [0.15, 0.2) is 29.2 Å². The molecule has 2 aromatic rings. The van der Waals surface area contributed by atoms with Crippen LogP contribution in [0.1, 0.15) is 35.2 Å². The third kappa shape index (κ3) is 4.92. The van der Waals surface area contributed by atoms with Crippen LogP contribution in [0.3, 0.4) is 0 Å². The molecule has 3 rings (SSSR count). The van der Waals surface area contributed by atoms with E-state index in [1.807, 2.05) is 10.3 Å². The fourth-order valence-electron chi connectivity index (χ4n) is 3.11. The first-order valence-corrected chi connectivity index (χ1v) is 9.62. The van der Waals surface area contributed by atoms with Crippen molar-refractivity contribution in [1.29, 1.82) is 0 Å². The SMILES string of the molecule is Cn1cc(C(=O)NCC2CCN(C(=O)CCc3ccsc3)CC2)cn1. The number of nitrogens with one attached hydrogen (secondary N) is 1. The Morgan fingerprint density at radius 3 is 2.80 bits per heavy atom. The number of aryl methyl sites for hydroxylation is 2. The lowest BCUT2D eigenvalue weighted by atomic mass is 9.96. The second kappa shape index (κ2) is 8.29. The lowest BCUT2D eigenvalue weighted by molar-refractivity contribution is -0.132. The Morgan fingerprint density at radius 2 is 2.16 bits per heavy atom. The molecule has 0 unspecified atom stereocenters. The smallest absolute Gasteiger partial charge is 0.254 e. The Bertz CT molecular complexity index is 702. The van der Waals surface area contributed by atoms with Crippen molar-refractivity contribution in [2.24, 2.45) is 13.0 Å². The summed E-state index contributed by atoms with van der Waals surface area (Å²) in [4.78, 5) is 26.3. The molecule has 1 N–H and O–H groups in total. The zero-order valence-electron chi connectivity index (χ0n) is 14.5. The summed E-state index contributed by atoms with van der Waals surface area (Å²) < 4.78 is 1.62. The Morgan fingerprint density at radius 1 is 1.36 bits per heavy atom. The van der Waals surface area contributed by atoms with Gasteiger partial charge in [-0.3, -0.25) is 14.3 Å². The molecule has 0 atom stereocenters. The van der Waals surface area contributed by atoms with E-state index in [2.05, 4.69) is 21.9 Å². The van der Waals surface area contributed by atoms with Crippen molar-refractivity contribution in [3.8, 4) is 0 Å². The monoisotopic (exact) mass is 360 g/mol. The molecule has 134 valence electrons. The second-order valence-electron chi connectivity index (χ2n) is 6.57. The summed E-state index contributed by atoms with van der Waals surface area (Å²) in [7, 11) is 1.79. The number of likely N-dealkylation sites (tertiary alicyclic amines) is 1. The third-order valence-corrected chi connectivity index (χ3v) is 5.43. The molecule has 0 aliphatic carbocycles. The number of amides is 2. The van der Waals surface area contributed by atoms with Crippen LogP contribution in [0.5, 0.6) is 0 Å². The Kier molecular flexibility index (Phi) is 5.86. The maximum atomic E-state index is 12.3. The predicted molar refractivity (Wildman–Crippen MR) is 97.5 cm³/mol. The molecule has 2 amide bonds. The van der Waals surface area contributed by atoms with Crippen molar-refractivity contribution >= 4 is 23.2 Å². The Hall–Kier alpha value is -2.15. The van der Waals surface area contributed by atoms with Gasteiger partial charge >= 0.3 is 0 Å². The second-order valence-corrected chi connectivity index (χ2v) is 7.35. The van der Waals surface area contributed by atoms with Crippen LogP contribution < -0.4 is 5.32 Å². The first-order valence-electron chi connectivity index (χ1n) is 8.67. The Labute approximate surface area is 151 Å². The molecule has 2 aromatic heterocycles. The van der Waals surface area contributed by atoms with Gasteiger partial charge in [0, 0.05) is 39.3 Å². The van der Waals surface area contributed by atoms with Gasteiger partial charge in [0.15, 0.2) is 0 Å². The van der Waals surface area contributed by atoms with E-state index in [0.29, 0.717) is 24.4 Å². The van der Waals surface area contributed by atoms with Crippen molar-refractivity contribution in [1.82, 2.24) is 20.0 Å². The van der Waals surface area contributed by atoms with Gasteiger partial charge in [-0.25, -0.2) is 0 Å². The molecular formula is C18H24N4O2S. The number of thiophene rings is 1. The van der Waals surface area contributed by atoms with Crippen molar-refractivity contribution in [3.63, 3.8) is 0 Å². The minimum Gasteiger partial charge on any atom is -0.352 e. The number of nitrogens with zero attached hydrogens (tertiary/aromatic N) is 3. The highest BCUT2D eigenvalue weighted by atomic mass is 32.1. The molecular weight excluding hydrogens is 336 g/mol. The quantitative estimate of drug-likeness (QED) is 0.858. The summed E-state index contributed by atoms with van der Waals surface area (Å²) in [5.74, 6) is 0.591. The zero-order valence-corrected chi connectivity index (χ0v) is 15.3. The van der Waals surface area contributed by atoms with Crippen LogP contribution in [0.25, 0.3) is 0 Å². The van der Waals surface area contributed by atoms with Crippen molar-refractivity contribution < 1.29 is 9.59 Å². The minimum atomic E-state index is -0.0811. The van der Waals surface area contributed by atoms with Gasteiger partial charge in [-0.15, -0.1) is 0 Å². The fourth-order valence-corrected chi connectivity index (χ4v) is 3.81. The molecule has 7 heteroatoms. The van der Waals surface area contributed by atoms with Crippen LogP contribution in [0.4, 0.5) is 0 Å². The van der Waals surface area contributed by atoms with E-state index in [4.69, 9.17) is 0 Å². The molecule has 0 aromatic carbocycles. The summed E-state index contributed by atoms with van der Waals surface area (Å²) >= 11 is 1.67. The number of carbonyl (C=O) groups excluding carboxylic acids is 2. The van der Waals surface area contributed by atoms with Crippen molar-refractivity contribution in [2.75, 3.05) is 19.6 Å². The number of aromatic nitrogens is 2. The lowest BCUT2D eigenvalue weighted by Gasteiger charge is -2.32. The van der Waals surface area contributed by atoms with E-state index in [1.165, 1.54) is 5.56 Å². The first kappa shape index (κ1) is 17.7. The van der Waals surface area contributed by atoms with Gasteiger partial charge < -0.3 is 10.2 Å². The average Bonchev–Trinajstić information content (AvgIpc) is 3.29. The van der Waals surface area contributed by atoms with E-state index >= 15 is 0 Å². The van der Waals surface area contributed by atoms with E-state index < -0.39 is 0 Å². The maximum Gasteiger partial charge on any atom is 0.254 e. The summed E-state index contributed by atoms with van der Waals surface area (Å²) in [6.45, 7) is 2.23. The number of hydrogen-bond donors (Lipinski definition) is 1. The summed E-state index contributed by atoms with van der Waals surface area (Å²) in [5, 5.41) is 11.1. The maximum absolute atomic E-state index is 12.3. The summed E-state index contributed by atoms with van der Waals surface area (Å²) in [6.07, 6.45) is 6.58. The molecule has 3 heterocycles. The van der Waals surface area contributed by atoms with Gasteiger partial charge in [-0.05, 0) is 47.6 Å². The van der Waals surface area contributed by atoms with E-state index in [-0.39, 0.29) is 11.8 Å². The molecule has 6 nitrogen and oxygen atoms in total. The fraction of sp³-hybridized carbons (Fsp3) is 0.500. The molecule has 1 aliphatic rings. The van der Waals surface area contributed by atoms with E-state index in [1.54, 1.807) is 35.5 Å². The van der Waals surface area contributed by atoms with Crippen LogP contribution in [0, 0.1) is 5.92 Å². The van der Waals surface area contributed by atoms with Gasteiger partial charge in [0.2, 0.25) is 5.91 Å². The molecule has 0 saturated carbocycles. The molecule has 1 saturated heterocycles. The first-order chi connectivity index (χ1) is 12.1. The van der Waals surface area contributed by atoms with Gasteiger partial charge in [-0.2, -0.15) is 16.4 Å². The van der Waals surface area contributed by atoms with Gasteiger partial charge in [0.05, 0.1) is 11.8 Å². The van der Waals surface area contributed by atoms with Crippen molar-refractivity contribution in [2.45, 2.75) is 25.7 Å². The molecule has 0 radical (unpaired) electrons. The normalized spacial score (nSPS) is 15.3. The topological polar surface area (TPSA) is 67.2 Å². The van der Waals surface area contributed by atoms with E-state index in [9.17, 15) is 9.59 Å². The number of piperidine rings is 1. The van der Waals surface area contributed by atoms with Gasteiger partial charge in [-0.1, -0.05) is 0 Å². The predicted octanol–water partition coefficient (Wildman–Crippen LogP) is 2.08. The molecule has 0 spiro atoms.